The van der Waals surface area contributed by atoms with Gasteiger partial charge in [0.25, 0.3) is 0 Å². The van der Waals surface area contributed by atoms with Crippen LogP contribution in [-0.2, 0) is 2.67 Å². The second-order valence-corrected chi connectivity index (χ2v) is 22.8. The predicted molar refractivity (Wildman–Crippen MR) is 14.8 cm³/mol. The first-order chi connectivity index (χ1) is 2.45. The summed E-state index contributed by atoms with van der Waals surface area (Å²) < 4.78 is 15.0. The van der Waals surface area contributed by atoms with E-state index in [4.69, 9.17) is 2.67 Å². The van der Waals surface area contributed by atoms with E-state index in [0.717, 1.165) is 0 Å². The first-order valence-electron chi connectivity index (χ1n) is 1.10. The molecule has 0 saturated carbocycles. The predicted octanol–water partition coefficient (Wildman–Crippen LogP) is -0.967. The maximum atomic E-state index is 4.99. The Morgan fingerprint density at radius 3 is 1.00 bits per heavy atom. The van der Waals surface area contributed by atoms with E-state index in [0.29, 0.717) is 0 Å². The van der Waals surface area contributed by atoms with Crippen LogP contribution in [0.25, 0.3) is 0 Å². The quantitative estimate of drug-likeness (QED) is 0.431. The third-order valence-electron chi connectivity index (χ3n) is 0.400. The standard InChI is InChI=1S/2Bi.3O. The van der Waals surface area contributed by atoms with E-state index >= 15 is 0 Å². The van der Waals surface area contributed by atoms with Crippen molar-refractivity contribution in [2.45, 2.75) is 0 Å². The van der Waals surface area contributed by atoms with E-state index in [1.807, 2.05) is 0 Å². The average molecular weight is 466 g/mol. The van der Waals surface area contributed by atoms with Gasteiger partial charge in [0, 0.05) is 0 Å². The third-order valence-corrected chi connectivity index (χ3v) is 30.8. The minimum atomic E-state index is -1.72. The number of hydrogen-bond acceptors (Lipinski definition) is 3. The molecule has 3 nitrogen and oxygen atoms in total. The van der Waals surface area contributed by atoms with Gasteiger partial charge in [-0.2, -0.15) is 0 Å². The summed E-state index contributed by atoms with van der Waals surface area (Å²) in [6.45, 7) is 0. The molecule has 0 amide bonds. The van der Waals surface area contributed by atoms with Crippen LogP contribution >= 0.6 is 0 Å². The normalized spacial score (nSPS) is 36.0. The summed E-state index contributed by atoms with van der Waals surface area (Å²) in [5, 5.41) is 0. The van der Waals surface area contributed by atoms with Crippen molar-refractivity contribution in [2.24, 2.45) is 0 Å². The van der Waals surface area contributed by atoms with E-state index in [2.05, 4.69) is 0 Å². The van der Waals surface area contributed by atoms with Gasteiger partial charge in [-0.3, -0.25) is 0 Å². The van der Waals surface area contributed by atoms with Gasteiger partial charge in [-0.1, -0.05) is 0 Å². The van der Waals surface area contributed by atoms with Gasteiger partial charge in [-0.25, -0.2) is 0 Å². The summed E-state index contributed by atoms with van der Waals surface area (Å²) in [5.74, 6) is 0. The Labute approximate surface area is 48.3 Å². The molecule has 3 saturated heterocycles. The average Bonchev–Trinajstić information content (AvgIpc) is 0.592. The van der Waals surface area contributed by atoms with Crippen molar-refractivity contribution < 1.29 is 2.67 Å². The van der Waals surface area contributed by atoms with Gasteiger partial charge >= 0.3 is 48.8 Å². The topological polar surface area (TPSA) is 27.7 Å². The van der Waals surface area contributed by atoms with Crippen molar-refractivity contribution in [3.05, 3.63) is 0 Å². The van der Waals surface area contributed by atoms with Crippen LogP contribution < -0.4 is 0 Å². The second-order valence-electron chi connectivity index (χ2n) is 0.692. The summed E-state index contributed by atoms with van der Waals surface area (Å²) in [6, 6.07) is 0. The molecule has 2 bridgehead atoms. The SMILES string of the molecule is [O]1[Bi]2[O][Bi]1[O]2. The summed E-state index contributed by atoms with van der Waals surface area (Å²) in [7, 11) is 0. The van der Waals surface area contributed by atoms with Crippen molar-refractivity contribution in [1.82, 2.24) is 0 Å². The number of rotatable bonds is 0. The van der Waals surface area contributed by atoms with Crippen LogP contribution in [-0.4, -0.2) is 46.1 Å². The van der Waals surface area contributed by atoms with Gasteiger partial charge in [0.05, 0.1) is 0 Å². The zero-order valence-electron chi connectivity index (χ0n) is 2.12. The van der Waals surface area contributed by atoms with Crippen LogP contribution in [0.1, 0.15) is 0 Å². The molecule has 28 valence electrons. The summed E-state index contributed by atoms with van der Waals surface area (Å²) in [6.07, 6.45) is 0. The monoisotopic (exact) mass is 466 g/mol. The van der Waals surface area contributed by atoms with E-state index in [1.165, 1.54) is 0 Å². The molecule has 0 aromatic rings. The van der Waals surface area contributed by atoms with Crippen LogP contribution in [0.15, 0.2) is 0 Å². The van der Waals surface area contributed by atoms with Gasteiger partial charge in [-0.15, -0.1) is 0 Å². The molecule has 0 aliphatic carbocycles. The summed E-state index contributed by atoms with van der Waals surface area (Å²) in [4.78, 5) is 0. The fourth-order valence-electron chi connectivity index (χ4n) is 0.182. The van der Waals surface area contributed by atoms with E-state index in [1.54, 1.807) is 0 Å². The second kappa shape index (κ2) is 1.08. The molecule has 0 spiro atoms. The maximum absolute atomic E-state index is 4.99. The Hall–Kier alpha value is 1.65. The molecule has 5 heavy (non-hydrogen) atoms. The van der Waals surface area contributed by atoms with Crippen molar-refractivity contribution >= 4 is 46.1 Å². The zero-order chi connectivity index (χ0) is 3.28. The van der Waals surface area contributed by atoms with Gasteiger partial charge in [0.1, 0.15) is 0 Å². The van der Waals surface area contributed by atoms with Gasteiger partial charge in [-0.05, 0) is 0 Å². The minimum absolute atomic E-state index is 1.72. The molecular weight excluding hydrogens is 466 g/mol. The van der Waals surface area contributed by atoms with Crippen LogP contribution in [0, 0.1) is 0 Å². The van der Waals surface area contributed by atoms with Crippen molar-refractivity contribution in [3.8, 4) is 0 Å². The molecule has 0 unspecified atom stereocenters. The van der Waals surface area contributed by atoms with Gasteiger partial charge < -0.3 is 0 Å². The molecular formula is Bi2O3. The Balaban J connectivity index is 2.19. The third kappa shape index (κ3) is 0.403. The first-order valence-corrected chi connectivity index (χ1v) is 9.61. The van der Waals surface area contributed by atoms with Crippen molar-refractivity contribution in [3.63, 3.8) is 0 Å². The fraction of sp³-hybridized carbons (Fsp3) is 0. The first kappa shape index (κ1) is 3.62. The van der Waals surface area contributed by atoms with Crippen LogP contribution in [0.3, 0.4) is 0 Å². The van der Waals surface area contributed by atoms with Crippen molar-refractivity contribution in [2.75, 3.05) is 0 Å². The Kier molecular flexibility index (Phi) is 0.779. The van der Waals surface area contributed by atoms with Crippen LogP contribution in [0.5, 0.6) is 0 Å². The van der Waals surface area contributed by atoms with E-state index < -0.39 is 46.1 Å². The molecule has 5 heteroatoms. The summed E-state index contributed by atoms with van der Waals surface area (Å²) in [5.41, 5.74) is 0. The zero-order valence-corrected chi connectivity index (χ0v) is 9.07. The summed E-state index contributed by atoms with van der Waals surface area (Å²) >= 11 is -3.44. The molecule has 3 heterocycles. The molecule has 3 fully saturated rings. The molecule has 0 aromatic carbocycles. The molecule has 0 atom stereocenters. The molecule has 0 N–H and O–H groups in total. The number of hydrogen-bond donors (Lipinski definition) is 0. The molecule has 0 aromatic heterocycles. The fourth-order valence-corrected chi connectivity index (χ4v) is 14.0. The Morgan fingerprint density at radius 2 is 1.00 bits per heavy atom. The molecule has 3 rings (SSSR count). The van der Waals surface area contributed by atoms with Gasteiger partial charge in [0.15, 0.2) is 0 Å². The Morgan fingerprint density at radius 1 is 0.800 bits per heavy atom. The van der Waals surface area contributed by atoms with Crippen LogP contribution in [0.2, 0.25) is 0 Å². The Bertz CT molecular complexity index is 41.6. The molecule has 3 aliphatic heterocycles. The molecule has 0 radical (unpaired) electrons. The van der Waals surface area contributed by atoms with E-state index in [9.17, 15) is 0 Å². The van der Waals surface area contributed by atoms with Crippen molar-refractivity contribution in [1.29, 1.82) is 0 Å². The van der Waals surface area contributed by atoms with E-state index in [-0.39, 0.29) is 0 Å². The van der Waals surface area contributed by atoms with Crippen LogP contribution in [0.4, 0.5) is 0 Å². The molecule has 3 aliphatic rings. The van der Waals surface area contributed by atoms with Gasteiger partial charge in [0.2, 0.25) is 0 Å².